The average Bonchev–Trinajstić information content (AvgIpc) is 3.75. The van der Waals surface area contributed by atoms with E-state index in [0.717, 1.165) is 29.0 Å². The molecule has 3 aromatic carbocycles. The molecule has 0 spiro atoms. The zero-order valence-electron chi connectivity index (χ0n) is 27.7. The van der Waals surface area contributed by atoms with Crippen LogP contribution >= 0.6 is 11.3 Å². The van der Waals surface area contributed by atoms with Crippen LogP contribution in [0.25, 0.3) is 11.3 Å². The van der Waals surface area contributed by atoms with E-state index in [1.165, 1.54) is 24.3 Å². The summed E-state index contributed by atoms with van der Waals surface area (Å²) < 4.78 is 84.8. The van der Waals surface area contributed by atoms with Crippen LogP contribution in [0.4, 0.5) is 22.0 Å². The standard InChI is InChI=1S/C35H30F5N6O4S.BrH/c1-20-10-24(11-21(2)31(20)49-30(47)14-42)15-45-18-43-46(19-45)17-34(50-33(48)35(38,39)40,27-9-8-26(36)12-28(27)37)22(3)32-44-29(16-51-32)25-6-4-23(13-41)5-7-25;/h4-12,16,18-19,22H,14-15,17,42H2,1-3H3;1H/q+1;/p-1. The predicted octanol–water partition coefficient (Wildman–Crippen LogP) is 2.78. The number of hydrogen-bond acceptors (Lipinski definition) is 9. The average molecular weight is 806 g/mol. The van der Waals surface area contributed by atoms with Crippen molar-refractivity contribution in [3.05, 3.63) is 117 Å². The van der Waals surface area contributed by atoms with Crippen molar-refractivity contribution in [1.82, 2.24) is 14.8 Å². The summed E-state index contributed by atoms with van der Waals surface area (Å²) in [5, 5.41) is 15.2. The highest BCUT2D eigenvalue weighted by Gasteiger charge is 2.53. The molecule has 17 heteroatoms. The minimum absolute atomic E-state index is 0. The Hall–Kier alpha value is -5.05. The maximum atomic E-state index is 15.7. The van der Waals surface area contributed by atoms with Gasteiger partial charge in [-0.3, -0.25) is 4.79 Å². The first-order chi connectivity index (χ1) is 24.1. The van der Waals surface area contributed by atoms with Crippen LogP contribution in [0.2, 0.25) is 0 Å². The molecule has 272 valence electrons. The number of nitrogens with two attached hydrogens (primary N) is 1. The Kier molecular flexibility index (Phi) is 12.3. The highest BCUT2D eigenvalue weighted by Crippen LogP contribution is 2.45. The molecule has 0 bridgehead atoms. The smallest absolute Gasteiger partial charge is 0.490 e. The van der Waals surface area contributed by atoms with Gasteiger partial charge in [-0.1, -0.05) is 19.1 Å². The Morgan fingerprint density at radius 3 is 2.35 bits per heavy atom. The Morgan fingerprint density at radius 1 is 1.08 bits per heavy atom. The summed E-state index contributed by atoms with van der Waals surface area (Å²) in [5.41, 5.74) is 5.86. The van der Waals surface area contributed by atoms with E-state index < -0.39 is 53.4 Å². The van der Waals surface area contributed by atoms with Crippen LogP contribution in [0, 0.1) is 36.8 Å². The number of halogens is 6. The van der Waals surface area contributed by atoms with Crippen molar-refractivity contribution < 1.29 is 62.6 Å². The van der Waals surface area contributed by atoms with Gasteiger partial charge in [-0.25, -0.2) is 23.1 Å². The van der Waals surface area contributed by atoms with Gasteiger partial charge in [0, 0.05) is 27.7 Å². The molecule has 2 unspecified atom stereocenters. The number of nitrogens with zero attached hydrogens (tertiary/aromatic N) is 5. The molecule has 0 saturated heterocycles. The third-order valence-electron chi connectivity index (χ3n) is 8.09. The van der Waals surface area contributed by atoms with Gasteiger partial charge in [0.05, 0.1) is 36.3 Å². The first kappa shape index (κ1) is 39.7. The summed E-state index contributed by atoms with van der Waals surface area (Å²) in [7, 11) is 0. The maximum absolute atomic E-state index is 15.7. The molecule has 0 aliphatic rings. The van der Waals surface area contributed by atoms with Gasteiger partial charge in [0.15, 0.2) is 5.60 Å². The number of hydrogen-bond donors (Lipinski definition) is 1. The maximum Gasteiger partial charge on any atom is 0.490 e. The third-order valence-corrected chi connectivity index (χ3v) is 9.12. The Labute approximate surface area is 309 Å². The van der Waals surface area contributed by atoms with Gasteiger partial charge in [-0.05, 0) is 66.9 Å². The van der Waals surface area contributed by atoms with Crippen LogP contribution in [0.5, 0.6) is 5.75 Å². The second kappa shape index (κ2) is 16.1. The molecule has 52 heavy (non-hydrogen) atoms. The monoisotopic (exact) mass is 804 g/mol. The quantitative estimate of drug-likeness (QED) is 0.0933. The number of benzene rings is 3. The molecule has 2 N–H and O–H groups in total. The second-order valence-corrected chi connectivity index (χ2v) is 12.6. The lowest BCUT2D eigenvalue weighted by Gasteiger charge is -2.36. The molecule has 5 aromatic rings. The van der Waals surface area contributed by atoms with Crippen molar-refractivity contribution in [3.63, 3.8) is 0 Å². The summed E-state index contributed by atoms with van der Waals surface area (Å²) >= 11 is 1.04. The van der Waals surface area contributed by atoms with Gasteiger partial charge in [-0.2, -0.15) is 18.4 Å². The third kappa shape index (κ3) is 8.69. The van der Waals surface area contributed by atoms with Crippen molar-refractivity contribution in [2.45, 2.75) is 51.6 Å². The van der Waals surface area contributed by atoms with E-state index in [9.17, 15) is 27.2 Å². The molecule has 0 saturated carbocycles. The fraction of sp³-hybridized carbons (Fsp3) is 0.257. The van der Waals surface area contributed by atoms with Crippen molar-refractivity contribution in [3.8, 4) is 23.1 Å². The van der Waals surface area contributed by atoms with Crippen LogP contribution in [0.3, 0.4) is 0 Å². The molecule has 10 nitrogen and oxygen atoms in total. The van der Waals surface area contributed by atoms with E-state index in [-0.39, 0.29) is 35.1 Å². The van der Waals surface area contributed by atoms with E-state index in [0.29, 0.717) is 39.8 Å². The number of aromatic nitrogens is 4. The van der Waals surface area contributed by atoms with Gasteiger partial charge in [0.2, 0.25) is 6.33 Å². The summed E-state index contributed by atoms with van der Waals surface area (Å²) in [6.07, 6.45) is -2.66. The second-order valence-electron chi connectivity index (χ2n) is 11.7. The molecule has 2 aromatic heterocycles. The number of carbonyl (C=O) groups is 2. The largest absolute Gasteiger partial charge is 1.00 e. The van der Waals surface area contributed by atoms with Gasteiger partial charge in [0.1, 0.15) is 28.9 Å². The van der Waals surface area contributed by atoms with Crippen LogP contribution in [0.15, 0.2) is 72.6 Å². The SMILES string of the molecule is Cc1cc(C[n+]2cnn(CC(OC(=O)C(F)(F)F)(c3ccc(F)cc3F)C(C)c3nc(-c4ccc(C#N)cc4)cs3)c2)cc(C)c1OC(=O)CN.[Br-]. The number of thiazole rings is 1. The van der Waals surface area contributed by atoms with Gasteiger partial charge in [0.25, 0.3) is 6.33 Å². The summed E-state index contributed by atoms with van der Waals surface area (Å²) in [4.78, 5) is 29.0. The van der Waals surface area contributed by atoms with E-state index >= 15 is 4.39 Å². The minimum atomic E-state index is -5.47. The molecule has 0 fully saturated rings. The Bertz CT molecular complexity index is 2110. The highest BCUT2D eigenvalue weighted by atomic mass is 79.9. The van der Waals surface area contributed by atoms with E-state index in [1.54, 1.807) is 60.2 Å². The minimum Gasteiger partial charge on any atom is -1.00 e. The van der Waals surface area contributed by atoms with Gasteiger partial charge < -0.3 is 32.2 Å². The van der Waals surface area contributed by atoms with E-state index in [2.05, 4.69) is 10.1 Å². The summed E-state index contributed by atoms with van der Waals surface area (Å²) in [6.45, 7) is 4.20. The zero-order chi connectivity index (χ0) is 37.1. The number of carbonyl (C=O) groups excluding carboxylic acids is 2. The van der Waals surface area contributed by atoms with Gasteiger partial charge >= 0.3 is 18.1 Å². The van der Waals surface area contributed by atoms with Crippen LogP contribution < -0.4 is 32.0 Å². The van der Waals surface area contributed by atoms with Crippen LogP contribution in [0.1, 0.15) is 45.7 Å². The van der Waals surface area contributed by atoms with Crippen molar-refractivity contribution >= 4 is 23.3 Å². The first-order valence-corrected chi connectivity index (χ1v) is 16.2. The number of alkyl halides is 3. The molecule has 5 rings (SSSR count). The molecule has 0 radical (unpaired) electrons. The summed E-state index contributed by atoms with van der Waals surface area (Å²) in [6, 6.07) is 14.3. The van der Waals surface area contributed by atoms with Crippen molar-refractivity contribution in [2.75, 3.05) is 6.54 Å². The number of rotatable bonds is 11. The Balaban J connectivity index is 0.00000605. The van der Waals surface area contributed by atoms with Crippen LogP contribution in [-0.2, 0) is 33.0 Å². The predicted molar refractivity (Wildman–Crippen MR) is 173 cm³/mol. The number of nitriles is 1. The lowest BCUT2D eigenvalue weighted by Crippen LogP contribution is -3.00. The highest BCUT2D eigenvalue weighted by molar-refractivity contribution is 7.10. The molecule has 0 amide bonds. The molecule has 2 heterocycles. The Morgan fingerprint density at radius 2 is 1.75 bits per heavy atom. The molecule has 0 aliphatic carbocycles. The fourth-order valence-electron chi connectivity index (χ4n) is 5.65. The number of esters is 2. The van der Waals surface area contributed by atoms with Crippen molar-refractivity contribution in [1.29, 1.82) is 5.26 Å². The zero-order valence-corrected chi connectivity index (χ0v) is 30.2. The van der Waals surface area contributed by atoms with Crippen molar-refractivity contribution in [2.24, 2.45) is 5.73 Å². The number of ether oxygens (including phenoxy) is 2. The summed E-state index contributed by atoms with van der Waals surface area (Å²) in [5.74, 6) is -6.32. The van der Waals surface area contributed by atoms with Gasteiger partial charge in [-0.15, -0.1) is 16.0 Å². The first-order valence-electron chi connectivity index (χ1n) is 15.3. The van der Waals surface area contributed by atoms with Crippen LogP contribution in [-0.4, -0.2) is 39.4 Å². The number of aryl methyl sites for hydroxylation is 2. The van der Waals surface area contributed by atoms with E-state index in [1.807, 2.05) is 6.07 Å². The molecular weight excluding hydrogens is 775 g/mol. The fourth-order valence-corrected chi connectivity index (χ4v) is 6.61. The normalized spacial score (nSPS) is 13.0. The molecular formula is C35H30BrF5N6O4S. The lowest BCUT2D eigenvalue weighted by atomic mass is 9.81. The molecule has 2 atom stereocenters. The van der Waals surface area contributed by atoms with E-state index in [4.69, 9.17) is 20.5 Å². The lowest BCUT2D eigenvalue weighted by molar-refractivity contribution is -0.689. The molecule has 0 aliphatic heterocycles. The topological polar surface area (TPSA) is 137 Å².